The Kier molecular flexibility index (Phi) is 3.62. The smallest absolute Gasteiger partial charge is 0.0594 e. The Hall–Kier alpha value is -1.26. The van der Waals surface area contributed by atoms with Gasteiger partial charge in [-0.1, -0.05) is 25.1 Å². The molecule has 3 rings (SSSR count). The Morgan fingerprint density at radius 1 is 1.42 bits per heavy atom. The van der Waals surface area contributed by atoms with Crippen LogP contribution < -0.4 is 5.73 Å². The third-order valence-electron chi connectivity index (χ3n) is 3.60. The zero-order valence-electron chi connectivity index (χ0n) is 11.1. The Bertz CT molecular complexity index is 539. The van der Waals surface area contributed by atoms with Crippen molar-refractivity contribution in [2.24, 2.45) is 5.73 Å². The fraction of sp³-hybridized carbons (Fsp3) is 0.400. The summed E-state index contributed by atoms with van der Waals surface area (Å²) < 4.78 is 2.05. The van der Waals surface area contributed by atoms with Gasteiger partial charge in [0.25, 0.3) is 0 Å². The summed E-state index contributed by atoms with van der Waals surface area (Å²) in [7, 11) is 0. The first-order valence-corrected chi connectivity index (χ1v) is 7.69. The lowest BCUT2D eigenvalue weighted by Gasteiger charge is -2.19. The van der Waals surface area contributed by atoms with Crippen LogP contribution in [0.4, 0.5) is 0 Å². The molecular weight excluding hydrogens is 254 g/mol. The zero-order chi connectivity index (χ0) is 13.2. The van der Waals surface area contributed by atoms with E-state index >= 15 is 0 Å². The predicted octanol–water partition coefficient (Wildman–Crippen LogP) is 3.01. The van der Waals surface area contributed by atoms with Crippen LogP contribution in [0.3, 0.4) is 0 Å². The van der Waals surface area contributed by atoms with E-state index in [1.54, 1.807) is 0 Å². The van der Waals surface area contributed by atoms with Crippen molar-refractivity contribution in [1.82, 2.24) is 9.78 Å². The van der Waals surface area contributed by atoms with Crippen molar-refractivity contribution in [2.45, 2.75) is 42.5 Å². The van der Waals surface area contributed by atoms with Gasteiger partial charge in [0.2, 0.25) is 0 Å². The van der Waals surface area contributed by atoms with Gasteiger partial charge in [0.15, 0.2) is 0 Å². The summed E-state index contributed by atoms with van der Waals surface area (Å²) in [5.41, 5.74) is 9.06. The summed E-state index contributed by atoms with van der Waals surface area (Å²) in [5.74, 6) is 0. The fourth-order valence-electron chi connectivity index (χ4n) is 2.62. The van der Waals surface area contributed by atoms with Gasteiger partial charge < -0.3 is 5.73 Å². The molecule has 2 atom stereocenters. The molecule has 100 valence electrons. The monoisotopic (exact) mass is 273 g/mol. The maximum Gasteiger partial charge on any atom is 0.0594 e. The second-order valence-corrected chi connectivity index (χ2v) is 6.25. The average molecular weight is 273 g/mol. The van der Waals surface area contributed by atoms with Crippen LogP contribution in [-0.4, -0.2) is 15.0 Å². The topological polar surface area (TPSA) is 43.8 Å². The Morgan fingerprint density at radius 2 is 2.26 bits per heavy atom. The van der Waals surface area contributed by atoms with E-state index < -0.39 is 0 Å². The van der Waals surface area contributed by atoms with Crippen LogP contribution in [0.2, 0.25) is 0 Å². The van der Waals surface area contributed by atoms with E-state index in [1.165, 1.54) is 10.5 Å². The van der Waals surface area contributed by atoms with Crippen molar-refractivity contribution in [3.05, 3.63) is 47.8 Å². The minimum Gasteiger partial charge on any atom is -0.322 e. The molecule has 0 fully saturated rings. The fourth-order valence-corrected chi connectivity index (χ4v) is 3.96. The number of rotatable bonds is 4. The van der Waals surface area contributed by atoms with E-state index in [4.69, 9.17) is 5.73 Å². The third-order valence-corrected chi connectivity index (χ3v) is 5.01. The molecule has 1 aliphatic rings. The molecule has 0 saturated heterocycles. The molecule has 2 aromatic rings. The number of aryl methyl sites for hydroxylation is 1. The molecule has 0 amide bonds. The lowest BCUT2D eigenvalue weighted by Crippen LogP contribution is -2.26. The van der Waals surface area contributed by atoms with Gasteiger partial charge in [0, 0.05) is 22.9 Å². The summed E-state index contributed by atoms with van der Waals surface area (Å²) in [4.78, 5) is 1.38. The van der Waals surface area contributed by atoms with Crippen molar-refractivity contribution >= 4 is 11.8 Å². The van der Waals surface area contributed by atoms with E-state index in [2.05, 4.69) is 42.4 Å². The molecule has 0 bridgehead atoms. The van der Waals surface area contributed by atoms with Crippen LogP contribution in [0.25, 0.3) is 0 Å². The molecule has 19 heavy (non-hydrogen) atoms. The minimum atomic E-state index is 0.0476. The molecular formula is C15H19N3S. The largest absolute Gasteiger partial charge is 0.322 e. The summed E-state index contributed by atoms with van der Waals surface area (Å²) in [5, 5.41) is 4.80. The van der Waals surface area contributed by atoms with Gasteiger partial charge in [0.1, 0.15) is 0 Å². The molecule has 1 aliphatic heterocycles. The summed E-state index contributed by atoms with van der Waals surface area (Å²) in [6.45, 7) is 3.11. The molecule has 4 heteroatoms. The van der Waals surface area contributed by atoms with Crippen LogP contribution in [0.1, 0.15) is 30.6 Å². The van der Waals surface area contributed by atoms with Crippen LogP contribution in [0.5, 0.6) is 0 Å². The lowest BCUT2D eigenvalue weighted by molar-refractivity contribution is 0.530. The van der Waals surface area contributed by atoms with Crippen LogP contribution in [-0.2, 0) is 13.0 Å². The number of benzene rings is 1. The molecule has 2 N–H and O–H groups in total. The Labute approximate surface area is 118 Å². The van der Waals surface area contributed by atoms with Gasteiger partial charge in [-0.15, -0.1) is 11.8 Å². The highest BCUT2D eigenvalue weighted by molar-refractivity contribution is 8.00. The first kappa shape index (κ1) is 12.8. The predicted molar refractivity (Wildman–Crippen MR) is 79.2 cm³/mol. The first-order valence-electron chi connectivity index (χ1n) is 6.81. The molecule has 3 nitrogen and oxygen atoms in total. The molecule has 0 aliphatic carbocycles. The number of nitrogens with two attached hydrogens (primary N) is 1. The van der Waals surface area contributed by atoms with Crippen molar-refractivity contribution in [3.8, 4) is 0 Å². The van der Waals surface area contributed by atoms with Gasteiger partial charge >= 0.3 is 0 Å². The van der Waals surface area contributed by atoms with Crippen LogP contribution in [0, 0.1) is 0 Å². The molecule has 0 radical (unpaired) electrons. The molecule has 1 aromatic heterocycles. The number of hydrogen-bond donors (Lipinski definition) is 1. The van der Waals surface area contributed by atoms with E-state index in [1.807, 2.05) is 22.6 Å². The zero-order valence-corrected chi connectivity index (χ0v) is 11.9. The van der Waals surface area contributed by atoms with E-state index in [9.17, 15) is 0 Å². The van der Waals surface area contributed by atoms with Gasteiger partial charge in [-0.25, -0.2) is 0 Å². The van der Waals surface area contributed by atoms with Gasteiger partial charge in [-0.2, -0.15) is 5.10 Å². The summed E-state index contributed by atoms with van der Waals surface area (Å²) >= 11 is 1.90. The van der Waals surface area contributed by atoms with Crippen molar-refractivity contribution < 1.29 is 0 Å². The van der Waals surface area contributed by atoms with Gasteiger partial charge in [-0.05, 0) is 30.5 Å². The van der Waals surface area contributed by atoms with Crippen LogP contribution in [0.15, 0.2) is 41.4 Å². The Morgan fingerprint density at radius 3 is 3.05 bits per heavy atom. The maximum absolute atomic E-state index is 6.47. The average Bonchev–Trinajstić information content (AvgIpc) is 3.04. The highest BCUT2D eigenvalue weighted by atomic mass is 32.2. The lowest BCUT2D eigenvalue weighted by atomic mass is 10.0. The summed E-state index contributed by atoms with van der Waals surface area (Å²) in [6.07, 6.45) is 4.00. The standard InChI is InChI=1S/C15H19N3S/c1-2-9-18-12(7-8-17-18)15(16)14-10-11-5-3-4-6-13(11)19-14/h3-8,14-15H,2,9-10,16H2,1H3. The van der Waals surface area contributed by atoms with Gasteiger partial charge in [0.05, 0.1) is 11.7 Å². The number of hydrogen-bond acceptors (Lipinski definition) is 3. The number of fused-ring (bicyclic) bond motifs is 1. The molecule has 0 saturated carbocycles. The second kappa shape index (κ2) is 5.39. The van der Waals surface area contributed by atoms with Crippen molar-refractivity contribution in [1.29, 1.82) is 0 Å². The number of nitrogens with zero attached hydrogens (tertiary/aromatic N) is 2. The van der Waals surface area contributed by atoms with Crippen molar-refractivity contribution in [2.75, 3.05) is 0 Å². The third kappa shape index (κ3) is 2.42. The quantitative estimate of drug-likeness (QED) is 0.931. The Balaban J connectivity index is 1.79. The van der Waals surface area contributed by atoms with E-state index in [-0.39, 0.29) is 6.04 Å². The maximum atomic E-state index is 6.47. The molecule has 1 aromatic carbocycles. The van der Waals surface area contributed by atoms with E-state index in [0.29, 0.717) is 5.25 Å². The number of thioether (sulfide) groups is 1. The van der Waals surface area contributed by atoms with E-state index in [0.717, 1.165) is 25.1 Å². The van der Waals surface area contributed by atoms with Crippen molar-refractivity contribution in [3.63, 3.8) is 0 Å². The first-order chi connectivity index (χ1) is 9.29. The molecule has 2 heterocycles. The second-order valence-electron chi connectivity index (χ2n) is 4.97. The normalized spacial score (nSPS) is 19.4. The van der Waals surface area contributed by atoms with Crippen LogP contribution >= 0.6 is 11.8 Å². The number of aromatic nitrogens is 2. The minimum absolute atomic E-state index is 0.0476. The summed E-state index contributed by atoms with van der Waals surface area (Å²) in [6, 6.07) is 10.7. The molecule has 0 spiro atoms. The SMILES string of the molecule is CCCn1nccc1C(N)C1Cc2ccccc2S1. The highest BCUT2D eigenvalue weighted by Crippen LogP contribution is 2.41. The van der Waals surface area contributed by atoms with Gasteiger partial charge in [-0.3, -0.25) is 4.68 Å². The molecule has 2 unspecified atom stereocenters. The highest BCUT2D eigenvalue weighted by Gasteiger charge is 2.29.